The van der Waals surface area contributed by atoms with Crippen molar-refractivity contribution in [2.45, 2.75) is 18.9 Å². The minimum Gasteiger partial charge on any atom is -0.497 e. The average Bonchev–Trinajstić information content (AvgIpc) is 3.08. The van der Waals surface area contributed by atoms with E-state index in [-0.39, 0.29) is 18.3 Å². The number of halogens is 2. The Balaban J connectivity index is 0.00000208. The second-order valence-corrected chi connectivity index (χ2v) is 6.34. The molecule has 1 aliphatic rings. The molecule has 8 heteroatoms. The molecule has 0 bridgehead atoms. The van der Waals surface area contributed by atoms with Crippen LogP contribution in [-0.2, 0) is 0 Å². The number of ether oxygens (including phenoxy) is 1. The van der Waals surface area contributed by atoms with Crippen LogP contribution in [0, 0.1) is 0 Å². The van der Waals surface area contributed by atoms with Crippen LogP contribution in [0.5, 0.6) is 5.75 Å². The van der Waals surface area contributed by atoms with Crippen LogP contribution in [0.15, 0.2) is 34.9 Å². The van der Waals surface area contributed by atoms with E-state index in [9.17, 15) is 4.79 Å². The molecule has 1 fully saturated rings. The summed E-state index contributed by atoms with van der Waals surface area (Å²) in [5.41, 5.74) is 1.06. The maximum atomic E-state index is 12.4. The summed E-state index contributed by atoms with van der Waals surface area (Å²) in [7, 11) is 1.59. The van der Waals surface area contributed by atoms with E-state index in [0.29, 0.717) is 23.2 Å². The van der Waals surface area contributed by atoms with Gasteiger partial charge in [-0.1, -0.05) is 0 Å². The second-order valence-electron chi connectivity index (χ2n) is 5.48. The van der Waals surface area contributed by atoms with Crippen LogP contribution in [-0.4, -0.2) is 35.9 Å². The number of hydrogen-bond donors (Lipinski definition) is 2. The number of hydrogen-bond acceptors (Lipinski definition) is 4. The highest BCUT2D eigenvalue weighted by molar-refractivity contribution is 9.10. The molecule has 0 spiro atoms. The van der Waals surface area contributed by atoms with Gasteiger partial charge in [-0.05, 0) is 53.5 Å². The molecule has 2 N–H and O–H groups in total. The average molecular weight is 416 g/mol. The fourth-order valence-corrected chi connectivity index (χ4v) is 2.98. The monoisotopic (exact) mass is 414 g/mol. The molecule has 0 aliphatic carbocycles. The lowest BCUT2D eigenvalue weighted by Crippen LogP contribution is -2.32. The molecule has 1 atom stereocenters. The van der Waals surface area contributed by atoms with Gasteiger partial charge in [0.1, 0.15) is 5.75 Å². The quantitative estimate of drug-likeness (QED) is 0.804. The predicted octanol–water partition coefficient (Wildman–Crippen LogP) is 3.25. The van der Waals surface area contributed by atoms with Gasteiger partial charge in [0.15, 0.2) is 5.69 Å². The third-order valence-corrected chi connectivity index (χ3v) is 4.60. The lowest BCUT2D eigenvalue weighted by atomic mass is 10.1. The molecule has 0 saturated carbocycles. The van der Waals surface area contributed by atoms with E-state index in [1.807, 2.05) is 23.0 Å². The molecule has 1 saturated heterocycles. The first kappa shape index (κ1) is 18.8. The van der Waals surface area contributed by atoms with Gasteiger partial charge in [0.05, 0.1) is 18.8 Å². The molecule has 24 heavy (non-hydrogen) atoms. The van der Waals surface area contributed by atoms with Crippen molar-refractivity contribution in [1.29, 1.82) is 0 Å². The molecule has 1 aromatic heterocycles. The number of anilines is 1. The SMILES string of the molecule is COc1ccc(Br)c(NC(=O)c2ccn(C3CCCNC3)n2)c1.Cl. The lowest BCUT2D eigenvalue weighted by Gasteiger charge is -2.22. The first-order valence-corrected chi connectivity index (χ1v) is 8.37. The number of methoxy groups -OCH3 is 1. The fourth-order valence-electron chi connectivity index (χ4n) is 2.64. The zero-order valence-electron chi connectivity index (χ0n) is 13.3. The molecule has 2 heterocycles. The van der Waals surface area contributed by atoms with Crippen molar-refractivity contribution in [3.63, 3.8) is 0 Å². The number of aromatic nitrogens is 2. The normalized spacial score (nSPS) is 17.0. The lowest BCUT2D eigenvalue weighted by molar-refractivity contribution is 0.102. The van der Waals surface area contributed by atoms with Crippen LogP contribution in [0.2, 0.25) is 0 Å². The van der Waals surface area contributed by atoms with Crippen LogP contribution < -0.4 is 15.4 Å². The van der Waals surface area contributed by atoms with Crippen LogP contribution in [0.3, 0.4) is 0 Å². The molecular weight excluding hydrogens is 396 g/mol. The van der Waals surface area contributed by atoms with Crippen molar-refractivity contribution in [3.8, 4) is 5.75 Å². The van der Waals surface area contributed by atoms with Crippen molar-refractivity contribution < 1.29 is 9.53 Å². The number of piperidine rings is 1. The number of amides is 1. The molecule has 6 nitrogen and oxygen atoms in total. The maximum Gasteiger partial charge on any atom is 0.276 e. The van der Waals surface area contributed by atoms with E-state index in [4.69, 9.17) is 4.74 Å². The Bertz CT molecular complexity index is 701. The van der Waals surface area contributed by atoms with Gasteiger partial charge in [-0.25, -0.2) is 0 Å². The number of carbonyl (C=O) groups excluding carboxylic acids is 1. The standard InChI is InChI=1S/C16H19BrN4O2.ClH/c1-23-12-4-5-13(17)15(9-12)19-16(22)14-6-8-21(20-14)11-3-2-7-18-10-11;/h4-6,8-9,11,18H,2-3,7,10H2,1H3,(H,19,22);1H. The van der Waals surface area contributed by atoms with E-state index < -0.39 is 0 Å². The van der Waals surface area contributed by atoms with Gasteiger partial charge in [-0.15, -0.1) is 12.4 Å². The first-order chi connectivity index (χ1) is 11.2. The van der Waals surface area contributed by atoms with Gasteiger partial charge in [0.25, 0.3) is 5.91 Å². The van der Waals surface area contributed by atoms with E-state index in [2.05, 4.69) is 31.7 Å². The summed E-state index contributed by atoms with van der Waals surface area (Å²) < 4.78 is 7.85. The number of benzene rings is 1. The third-order valence-electron chi connectivity index (χ3n) is 3.91. The van der Waals surface area contributed by atoms with Crippen molar-refractivity contribution in [2.24, 2.45) is 0 Å². The highest BCUT2D eigenvalue weighted by Crippen LogP contribution is 2.27. The minimum absolute atomic E-state index is 0. The number of nitrogens with zero attached hydrogens (tertiary/aromatic N) is 2. The second kappa shape index (κ2) is 8.50. The Labute approximate surface area is 155 Å². The summed E-state index contributed by atoms with van der Waals surface area (Å²) >= 11 is 3.42. The summed E-state index contributed by atoms with van der Waals surface area (Å²) in [5.74, 6) is 0.448. The molecular formula is C16H20BrClN4O2. The van der Waals surface area contributed by atoms with Crippen molar-refractivity contribution in [2.75, 3.05) is 25.5 Å². The van der Waals surface area contributed by atoms with E-state index >= 15 is 0 Å². The molecule has 1 aromatic carbocycles. The van der Waals surface area contributed by atoms with Crippen molar-refractivity contribution in [1.82, 2.24) is 15.1 Å². The minimum atomic E-state index is -0.235. The summed E-state index contributed by atoms with van der Waals surface area (Å²) in [5, 5.41) is 10.6. The van der Waals surface area contributed by atoms with Gasteiger partial charge in [0, 0.05) is 23.3 Å². The molecule has 1 unspecified atom stereocenters. The smallest absolute Gasteiger partial charge is 0.276 e. The first-order valence-electron chi connectivity index (χ1n) is 7.58. The highest BCUT2D eigenvalue weighted by Gasteiger charge is 2.18. The molecule has 130 valence electrons. The Hall–Kier alpha value is -1.57. The number of rotatable bonds is 4. The number of carbonyl (C=O) groups is 1. The van der Waals surface area contributed by atoms with Crippen LogP contribution in [0.1, 0.15) is 29.4 Å². The Morgan fingerprint density at radius 3 is 3.00 bits per heavy atom. The van der Waals surface area contributed by atoms with Crippen molar-refractivity contribution in [3.05, 3.63) is 40.6 Å². The van der Waals surface area contributed by atoms with Gasteiger partial charge in [-0.3, -0.25) is 9.48 Å². The molecule has 1 aliphatic heterocycles. The Kier molecular flexibility index (Phi) is 6.65. The van der Waals surface area contributed by atoms with E-state index in [1.165, 1.54) is 0 Å². The largest absolute Gasteiger partial charge is 0.497 e. The summed E-state index contributed by atoms with van der Waals surface area (Å²) in [4.78, 5) is 12.4. The molecule has 1 amide bonds. The Morgan fingerprint density at radius 2 is 2.29 bits per heavy atom. The third kappa shape index (κ3) is 4.28. The molecule has 2 aromatic rings. The molecule has 0 radical (unpaired) electrons. The number of nitrogens with one attached hydrogen (secondary N) is 2. The zero-order chi connectivity index (χ0) is 16.2. The zero-order valence-corrected chi connectivity index (χ0v) is 15.7. The summed E-state index contributed by atoms with van der Waals surface area (Å²) in [6, 6.07) is 7.49. The fraction of sp³-hybridized carbons (Fsp3) is 0.375. The van der Waals surface area contributed by atoms with Crippen LogP contribution >= 0.6 is 28.3 Å². The van der Waals surface area contributed by atoms with E-state index in [1.54, 1.807) is 19.2 Å². The summed E-state index contributed by atoms with van der Waals surface area (Å²) in [6.07, 6.45) is 4.08. The highest BCUT2D eigenvalue weighted by atomic mass is 79.9. The van der Waals surface area contributed by atoms with Gasteiger partial charge < -0.3 is 15.4 Å². The van der Waals surface area contributed by atoms with Gasteiger partial charge >= 0.3 is 0 Å². The molecule has 3 rings (SSSR count). The predicted molar refractivity (Wildman–Crippen MR) is 99.3 cm³/mol. The van der Waals surface area contributed by atoms with E-state index in [0.717, 1.165) is 30.4 Å². The van der Waals surface area contributed by atoms with Crippen LogP contribution in [0.4, 0.5) is 5.69 Å². The van der Waals surface area contributed by atoms with Gasteiger partial charge in [0.2, 0.25) is 0 Å². The van der Waals surface area contributed by atoms with Gasteiger partial charge in [-0.2, -0.15) is 5.10 Å². The Morgan fingerprint density at radius 1 is 1.46 bits per heavy atom. The summed E-state index contributed by atoms with van der Waals surface area (Å²) in [6.45, 7) is 1.94. The maximum absolute atomic E-state index is 12.4. The van der Waals surface area contributed by atoms with Crippen molar-refractivity contribution >= 4 is 39.9 Å². The topological polar surface area (TPSA) is 68.2 Å². The van der Waals surface area contributed by atoms with Crippen LogP contribution in [0.25, 0.3) is 0 Å².